The average molecular weight is 950 g/mol. The van der Waals surface area contributed by atoms with E-state index in [9.17, 15) is 39.5 Å². The number of halogens is 10. The minimum Gasteiger partial charge on any atom is -0.0620 e. The van der Waals surface area contributed by atoms with Gasteiger partial charge in [-0.25, -0.2) is 0 Å². The van der Waals surface area contributed by atoms with Gasteiger partial charge < -0.3 is 0 Å². The molecule has 0 aromatic heterocycles. The third kappa shape index (κ3) is 13.9. The van der Waals surface area contributed by atoms with E-state index in [0.29, 0.717) is 0 Å². The Bertz CT molecular complexity index is 1820. The van der Waals surface area contributed by atoms with E-state index in [-0.39, 0.29) is 0 Å². The van der Waals surface area contributed by atoms with Gasteiger partial charge in [0.05, 0.1) is 15.8 Å². The van der Waals surface area contributed by atoms with E-state index in [2.05, 4.69) is 210 Å². The predicted molar refractivity (Wildman–Crippen MR) is 219 cm³/mol. The van der Waals surface area contributed by atoms with Gasteiger partial charge in [0.25, 0.3) is 0 Å². The topological polar surface area (TPSA) is 0 Å². The summed E-state index contributed by atoms with van der Waals surface area (Å²) in [6.07, 6.45) is -16.0. The van der Waals surface area contributed by atoms with E-state index in [1.54, 1.807) is 0 Å². The van der Waals surface area contributed by atoms with Crippen LogP contribution in [0.5, 0.6) is 0 Å². The first kappa shape index (κ1) is 46.4. The number of alkyl halides is 9. The molecule has 302 valence electrons. The van der Waals surface area contributed by atoms with Gasteiger partial charge in [-0.3, -0.25) is 0 Å². The van der Waals surface area contributed by atoms with E-state index >= 15 is 0 Å². The van der Waals surface area contributed by atoms with Crippen molar-refractivity contribution in [2.45, 2.75) is 18.5 Å². The molecule has 0 unspecified atom stereocenters. The van der Waals surface area contributed by atoms with Gasteiger partial charge in [-0.2, -0.15) is 45.6 Å². The van der Waals surface area contributed by atoms with Gasteiger partial charge in [-0.15, -0.1) is 12.1 Å². The van der Waals surface area contributed by atoms with Crippen LogP contribution < -0.4 is 31.8 Å². The Morgan fingerprint density at radius 1 is 0.328 bits per heavy atom. The third-order valence-electron chi connectivity index (χ3n) is 8.18. The molecule has 0 aliphatic heterocycles. The quantitative estimate of drug-likeness (QED) is 0.0674. The molecule has 0 aliphatic carbocycles. The molecule has 7 aromatic rings. The summed E-state index contributed by atoms with van der Waals surface area (Å²) in [6, 6.07) is 65.0. The fourth-order valence-corrected chi connectivity index (χ4v) is 10.8. The first-order valence-electron chi connectivity index (χ1n) is 17.2. The summed E-state index contributed by atoms with van der Waals surface area (Å²) in [4.78, 5) is 0. The molecule has 0 nitrogen and oxygen atoms in total. The summed E-state index contributed by atoms with van der Waals surface area (Å²) in [6.45, 7) is 0. The van der Waals surface area contributed by atoms with Crippen molar-refractivity contribution >= 4 is 57.2 Å². The molecule has 0 heterocycles. The van der Waals surface area contributed by atoms with Crippen LogP contribution in [-0.2, 0) is 36.7 Å². The van der Waals surface area contributed by atoms with Gasteiger partial charge in [0, 0.05) is 0 Å². The summed E-state index contributed by atoms with van der Waals surface area (Å²) in [5.74, 6) is 0. The Balaban J connectivity index is 0.000000188. The number of benzene rings is 7. The van der Waals surface area contributed by atoms with Crippen molar-refractivity contribution in [3.8, 4) is 0 Å². The Morgan fingerprint density at radius 2 is 0.517 bits per heavy atom. The fourth-order valence-electron chi connectivity index (χ4n) is 5.67. The van der Waals surface area contributed by atoms with Crippen molar-refractivity contribution < 1.29 is 57.7 Å². The van der Waals surface area contributed by atoms with Crippen molar-refractivity contribution in [2.75, 3.05) is 0 Å². The van der Waals surface area contributed by atoms with Crippen LogP contribution in [0.25, 0.3) is 0 Å². The third-order valence-corrected chi connectivity index (χ3v) is 13.6. The molecule has 0 bridgehead atoms. The maximum absolute atomic E-state index is 12.2. The predicted octanol–water partition coefficient (Wildman–Crippen LogP) is 11.6. The van der Waals surface area contributed by atoms with Crippen LogP contribution in [0.3, 0.4) is 0 Å². The molecule has 0 amide bonds. The van der Waals surface area contributed by atoms with Crippen LogP contribution in [0, 0.1) is 6.07 Å². The van der Waals surface area contributed by atoms with Crippen LogP contribution in [0.4, 0.5) is 39.5 Å². The Hall–Kier alpha value is -4.28. The van der Waals surface area contributed by atoms with Crippen LogP contribution in [0.15, 0.2) is 194 Å². The summed E-state index contributed by atoms with van der Waals surface area (Å²) >= 11 is 2.22. The minimum absolute atomic E-state index is 0.421. The molecule has 7 rings (SSSR count). The van der Waals surface area contributed by atoms with Crippen molar-refractivity contribution in [2.24, 2.45) is 0 Å². The van der Waals surface area contributed by atoms with E-state index in [4.69, 9.17) is 0 Å². The smallest absolute Gasteiger partial charge is 0.0620 e. The van der Waals surface area contributed by atoms with Crippen molar-refractivity contribution in [3.05, 3.63) is 217 Å². The minimum atomic E-state index is -5.35. The van der Waals surface area contributed by atoms with Gasteiger partial charge in [0.2, 0.25) is 0 Å². The van der Waals surface area contributed by atoms with Crippen LogP contribution >= 0.6 is 25.4 Å². The SMILES string of the molecule is FC(F)(F)c1[c-]c(C(F)(F)F)cc(C(F)(F)F)c1.[Cl][Pd+].c1ccc([PH+](c2ccccc2)c2ccccc2)cc1.c1ccc([PH+](c2ccccc2)c2ccccc2)cc1. The molecular weight excluding hydrogens is 915 g/mol. The molecule has 0 N–H and O–H groups in total. The first-order valence-corrected chi connectivity index (χ1v) is 22.2. The van der Waals surface area contributed by atoms with Gasteiger partial charge in [0.1, 0.15) is 31.8 Å². The van der Waals surface area contributed by atoms with Gasteiger partial charge in [0.15, 0.2) is 0 Å². The molecule has 7 aromatic carbocycles. The second-order valence-electron chi connectivity index (χ2n) is 12.1. The second-order valence-corrected chi connectivity index (χ2v) is 17.1. The summed E-state index contributed by atoms with van der Waals surface area (Å²) in [5.41, 5.74) is -6.27. The number of hydrogen-bond donors (Lipinski definition) is 0. The molecule has 0 fully saturated rings. The molecule has 0 saturated heterocycles. The zero-order chi connectivity index (χ0) is 42.2. The zero-order valence-electron chi connectivity index (χ0n) is 30.1. The van der Waals surface area contributed by atoms with Crippen LogP contribution in [-0.4, -0.2) is 0 Å². The van der Waals surface area contributed by atoms with E-state index in [0.717, 1.165) is 6.07 Å². The van der Waals surface area contributed by atoms with Crippen LogP contribution in [0.1, 0.15) is 16.7 Å². The molecule has 13 heteroatoms. The molecule has 0 radical (unpaired) electrons. The maximum atomic E-state index is 12.2. The Labute approximate surface area is 348 Å². The standard InChI is InChI=1S/2C18H15P.C9H2F9.ClH.Pd/c2*1-4-10-16(11-5-1)19(17-12-6-2-7-13-17)18-14-8-3-9-15-18;10-7(11,12)4-1-5(8(13,14)15)3-6(2-4)9(16,17)18;;/h2*1-15H;1-2H;1H;/q;;-1;;+2/p+1. The molecule has 0 atom stereocenters. The maximum Gasteiger partial charge on any atom is 0.102 e. The molecule has 0 saturated carbocycles. The van der Waals surface area contributed by atoms with Crippen molar-refractivity contribution in [1.82, 2.24) is 0 Å². The van der Waals surface area contributed by atoms with Gasteiger partial charge >= 0.3 is 46.2 Å². The van der Waals surface area contributed by atoms with E-state index in [1.165, 1.54) is 31.8 Å². The largest absolute Gasteiger partial charge is 0.102 e. The normalized spacial score (nSPS) is 11.3. The fraction of sp³-hybridized carbons (Fsp3) is 0.0667. The monoisotopic (exact) mass is 948 g/mol. The van der Waals surface area contributed by atoms with E-state index < -0.39 is 63.2 Å². The summed E-state index contributed by atoms with van der Waals surface area (Å²) < 4.78 is 109. The van der Waals surface area contributed by atoms with Gasteiger partial charge in [-0.05, 0) is 72.8 Å². The summed E-state index contributed by atoms with van der Waals surface area (Å²) in [7, 11) is 2.73. The number of rotatable bonds is 6. The second kappa shape index (κ2) is 22.2. The zero-order valence-corrected chi connectivity index (χ0v) is 34.4. The van der Waals surface area contributed by atoms with Crippen LogP contribution in [0.2, 0.25) is 0 Å². The van der Waals surface area contributed by atoms with Gasteiger partial charge in [-0.1, -0.05) is 126 Å². The van der Waals surface area contributed by atoms with Crippen molar-refractivity contribution in [3.63, 3.8) is 0 Å². The van der Waals surface area contributed by atoms with E-state index in [1.807, 2.05) is 0 Å². The molecule has 58 heavy (non-hydrogen) atoms. The average Bonchev–Trinajstić information content (AvgIpc) is 3.24. The van der Waals surface area contributed by atoms with Crippen molar-refractivity contribution in [1.29, 1.82) is 0 Å². The Morgan fingerprint density at radius 3 is 0.672 bits per heavy atom. The molecule has 0 spiro atoms. The first-order chi connectivity index (χ1) is 27.7. The summed E-state index contributed by atoms with van der Waals surface area (Å²) in [5, 5.41) is 8.61. The molecule has 0 aliphatic rings. The Kier molecular flexibility index (Phi) is 17.8. The molecular formula is C45H34ClF9P2Pd+2. The number of hydrogen-bond acceptors (Lipinski definition) is 0.